The maximum Gasteiger partial charge on any atom is 0.313 e. The topological polar surface area (TPSA) is 72.2 Å². The van der Waals surface area contributed by atoms with Crippen LogP contribution in [-0.2, 0) is 9.59 Å². The molecule has 3 N–H and O–H groups in total. The summed E-state index contributed by atoms with van der Waals surface area (Å²) in [4.78, 5) is 21.7. The van der Waals surface area contributed by atoms with Crippen LogP contribution >= 0.6 is 0 Å². The largest absolute Gasteiger partial charge is 0.361 e. The summed E-state index contributed by atoms with van der Waals surface area (Å²) in [6.45, 7) is 4.02. The SMILES string of the molecule is CC(C)c1ccccc1NC(=O)C(N)=O. The van der Waals surface area contributed by atoms with Crippen LogP contribution in [0.25, 0.3) is 0 Å². The van der Waals surface area contributed by atoms with E-state index in [1.165, 1.54) is 0 Å². The maximum absolute atomic E-state index is 11.1. The molecule has 2 amide bonds. The standard InChI is InChI=1S/C11H14N2O2/c1-7(2)8-5-3-4-6-9(8)13-11(15)10(12)14/h3-7H,1-2H3,(H2,12,14)(H,13,15). The molecule has 0 aromatic heterocycles. The smallest absolute Gasteiger partial charge is 0.313 e. The Hall–Kier alpha value is -1.84. The van der Waals surface area contributed by atoms with Gasteiger partial charge in [-0.05, 0) is 17.5 Å². The number of carbonyl (C=O) groups excluding carboxylic acids is 2. The van der Waals surface area contributed by atoms with Crippen LogP contribution in [0.15, 0.2) is 24.3 Å². The third kappa shape index (κ3) is 2.80. The first-order chi connectivity index (χ1) is 7.02. The fourth-order valence-electron chi connectivity index (χ4n) is 1.30. The molecular formula is C11H14N2O2. The number of nitrogens with two attached hydrogens (primary N) is 1. The van der Waals surface area contributed by atoms with Crippen LogP contribution in [0, 0.1) is 0 Å². The van der Waals surface area contributed by atoms with Gasteiger partial charge in [0.15, 0.2) is 0 Å². The molecule has 4 nitrogen and oxygen atoms in total. The summed E-state index contributed by atoms with van der Waals surface area (Å²) >= 11 is 0. The van der Waals surface area contributed by atoms with Gasteiger partial charge < -0.3 is 11.1 Å². The maximum atomic E-state index is 11.1. The van der Waals surface area contributed by atoms with Gasteiger partial charge in [-0.25, -0.2) is 0 Å². The van der Waals surface area contributed by atoms with Gasteiger partial charge in [0.25, 0.3) is 0 Å². The fraction of sp³-hybridized carbons (Fsp3) is 0.273. The number of carbonyl (C=O) groups is 2. The van der Waals surface area contributed by atoms with Crippen molar-refractivity contribution in [2.24, 2.45) is 5.73 Å². The van der Waals surface area contributed by atoms with Crippen LogP contribution in [0.5, 0.6) is 0 Å². The van der Waals surface area contributed by atoms with Crippen molar-refractivity contribution in [3.05, 3.63) is 29.8 Å². The Kier molecular flexibility index (Phi) is 3.44. The van der Waals surface area contributed by atoms with E-state index in [1.54, 1.807) is 12.1 Å². The summed E-state index contributed by atoms with van der Waals surface area (Å²) in [6, 6.07) is 7.33. The number of para-hydroxylation sites is 1. The second kappa shape index (κ2) is 4.59. The molecule has 0 radical (unpaired) electrons. The quantitative estimate of drug-likeness (QED) is 0.714. The fourth-order valence-corrected chi connectivity index (χ4v) is 1.30. The lowest BCUT2D eigenvalue weighted by atomic mass is 10.0. The van der Waals surface area contributed by atoms with Gasteiger partial charge >= 0.3 is 11.8 Å². The van der Waals surface area contributed by atoms with Gasteiger partial charge in [-0.2, -0.15) is 0 Å². The number of hydrogen-bond donors (Lipinski definition) is 2. The van der Waals surface area contributed by atoms with E-state index in [0.717, 1.165) is 5.56 Å². The Morgan fingerprint density at radius 2 is 1.87 bits per heavy atom. The van der Waals surface area contributed by atoms with Crippen molar-refractivity contribution in [2.45, 2.75) is 19.8 Å². The predicted molar refractivity (Wildman–Crippen MR) is 58.4 cm³/mol. The Balaban J connectivity index is 2.94. The lowest BCUT2D eigenvalue weighted by molar-refractivity contribution is -0.134. The minimum Gasteiger partial charge on any atom is -0.361 e. The molecule has 1 rings (SSSR count). The molecule has 15 heavy (non-hydrogen) atoms. The Morgan fingerprint density at radius 3 is 2.40 bits per heavy atom. The van der Waals surface area contributed by atoms with E-state index in [-0.39, 0.29) is 5.92 Å². The molecule has 0 aliphatic heterocycles. The Labute approximate surface area is 88.5 Å². The van der Waals surface area contributed by atoms with E-state index >= 15 is 0 Å². The molecule has 0 atom stereocenters. The van der Waals surface area contributed by atoms with Crippen molar-refractivity contribution in [1.29, 1.82) is 0 Å². The zero-order valence-corrected chi connectivity index (χ0v) is 8.78. The van der Waals surface area contributed by atoms with Gasteiger partial charge in [-0.1, -0.05) is 32.0 Å². The number of benzene rings is 1. The second-order valence-corrected chi connectivity index (χ2v) is 3.56. The molecule has 0 fully saturated rings. The summed E-state index contributed by atoms with van der Waals surface area (Å²) in [5.41, 5.74) is 6.47. The predicted octanol–water partition coefficient (Wildman–Crippen LogP) is 1.23. The van der Waals surface area contributed by atoms with Crippen molar-refractivity contribution in [3.63, 3.8) is 0 Å². The number of amides is 2. The van der Waals surface area contributed by atoms with Gasteiger partial charge in [-0.15, -0.1) is 0 Å². The lowest BCUT2D eigenvalue weighted by Gasteiger charge is -2.12. The molecule has 0 aliphatic rings. The van der Waals surface area contributed by atoms with Crippen molar-refractivity contribution in [2.75, 3.05) is 5.32 Å². The zero-order chi connectivity index (χ0) is 11.4. The van der Waals surface area contributed by atoms with E-state index in [2.05, 4.69) is 5.32 Å². The van der Waals surface area contributed by atoms with Gasteiger partial charge in [0.2, 0.25) is 0 Å². The highest BCUT2D eigenvalue weighted by Gasteiger charge is 2.12. The minimum absolute atomic E-state index is 0.273. The van der Waals surface area contributed by atoms with Crippen molar-refractivity contribution < 1.29 is 9.59 Å². The average molecular weight is 206 g/mol. The molecular weight excluding hydrogens is 192 g/mol. The third-order valence-corrected chi connectivity index (χ3v) is 2.05. The van der Waals surface area contributed by atoms with Gasteiger partial charge in [0.05, 0.1) is 0 Å². The number of rotatable bonds is 2. The van der Waals surface area contributed by atoms with Crippen molar-refractivity contribution in [3.8, 4) is 0 Å². The molecule has 0 heterocycles. The lowest BCUT2D eigenvalue weighted by Crippen LogP contribution is -2.29. The Morgan fingerprint density at radius 1 is 1.27 bits per heavy atom. The van der Waals surface area contributed by atoms with Crippen LogP contribution in [0.1, 0.15) is 25.3 Å². The van der Waals surface area contributed by atoms with E-state index < -0.39 is 11.8 Å². The average Bonchev–Trinajstić information content (AvgIpc) is 2.18. The molecule has 0 unspecified atom stereocenters. The normalized spacial score (nSPS) is 10.1. The first kappa shape index (κ1) is 11.2. The molecule has 0 saturated heterocycles. The van der Waals surface area contributed by atoms with E-state index in [9.17, 15) is 9.59 Å². The molecule has 0 aliphatic carbocycles. The highest BCUT2D eigenvalue weighted by molar-refractivity contribution is 6.39. The molecule has 1 aromatic rings. The summed E-state index contributed by atoms with van der Waals surface area (Å²) in [5, 5.41) is 2.48. The summed E-state index contributed by atoms with van der Waals surface area (Å²) < 4.78 is 0. The minimum atomic E-state index is -0.978. The second-order valence-electron chi connectivity index (χ2n) is 3.56. The first-order valence-corrected chi connectivity index (χ1v) is 4.72. The van der Waals surface area contributed by atoms with Gasteiger partial charge in [0, 0.05) is 5.69 Å². The van der Waals surface area contributed by atoms with E-state index in [0.29, 0.717) is 5.69 Å². The number of hydrogen-bond acceptors (Lipinski definition) is 2. The van der Waals surface area contributed by atoms with E-state index in [1.807, 2.05) is 26.0 Å². The van der Waals surface area contributed by atoms with Gasteiger partial charge in [-0.3, -0.25) is 9.59 Å². The van der Waals surface area contributed by atoms with Crippen molar-refractivity contribution >= 4 is 17.5 Å². The third-order valence-electron chi connectivity index (χ3n) is 2.05. The van der Waals surface area contributed by atoms with Crippen LogP contribution < -0.4 is 11.1 Å². The number of anilines is 1. The van der Waals surface area contributed by atoms with Crippen molar-refractivity contribution in [1.82, 2.24) is 0 Å². The highest BCUT2D eigenvalue weighted by atomic mass is 16.2. The summed E-state index contributed by atoms with van der Waals surface area (Å²) in [5.74, 6) is -1.49. The molecule has 4 heteroatoms. The first-order valence-electron chi connectivity index (χ1n) is 4.72. The van der Waals surface area contributed by atoms with E-state index in [4.69, 9.17) is 5.73 Å². The molecule has 1 aromatic carbocycles. The molecule has 0 saturated carbocycles. The van der Waals surface area contributed by atoms with Gasteiger partial charge in [0.1, 0.15) is 0 Å². The van der Waals surface area contributed by atoms with Crippen LogP contribution in [0.3, 0.4) is 0 Å². The molecule has 0 bridgehead atoms. The van der Waals surface area contributed by atoms with Crippen LogP contribution in [0.4, 0.5) is 5.69 Å². The summed E-state index contributed by atoms with van der Waals surface area (Å²) in [7, 11) is 0. The highest BCUT2D eigenvalue weighted by Crippen LogP contribution is 2.23. The zero-order valence-electron chi connectivity index (χ0n) is 8.78. The monoisotopic (exact) mass is 206 g/mol. The van der Waals surface area contributed by atoms with Crippen LogP contribution in [-0.4, -0.2) is 11.8 Å². The molecule has 80 valence electrons. The number of primary amides is 1. The number of nitrogens with one attached hydrogen (secondary N) is 1. The summed E-state index contributed by atoms with van der Waals surface area (Å²) in [6.07, 6.45) is 0. The van der Waals surface area contributed by atoms with Crippen LogP contribution in [0.2, 0.25) is 0 Å². The Bertz CT molecular complexity index is 386. The molecule has 0 spiro atoms.